The van der Waals surface area contributed by atoms with Gasteiger partial charge in [-0.15, -0.1) is 0 Å². The number of ether oxygens (including phenoxy) is 1. The minimum Gasteiger partial charge on any atom is -0.497 e. The number of halogens is 3. The Bertz CT molecular complexity index is 916. The Labute approximate surface area is 170 Å². The van der Waals surface area contributed by atoms with Gasteiger partial charge in [0.05, 0.1) is 13.7 Å². The number of methoxy groups -OCH3 is 1. The molecule has 3 amide bonds. The number of likely N-dealkylation sites (tertiary alicyclic amines) is 1. The van der Waals surface area contributed by atoms with E-state index in [1.807, 2.05) is 0 Å². The molecule has 0 radical (unpaired) electrons. The van der Waals surface area contributed by atoms with Crippen molar-refractivity contribution in [2.45, 2.75) is 12.0 Å². The van der Waals surface area contributed by atoms with E-state index in [0.29, 0.717) is 0 Å². The smallest absolute Gasteiger partial charge is 0.319 e. The monoisotopic (exact) mass is 423 g/mol. The Hall–Kier alpha value is -3.27. The molecule has 0 unspecified atom stereocenters. The lowest BCUT2D eigenvalue weighted by molar-refractivity contribution is -0.129. The van der Waals surface area contributed by atoms with Crippen LogP contribution in [0.3, 0.4) is 0 Å². The molecule has 10 heteroatoms. The molecule has 1 saturated heterocycles. The van der Waals surface area contributed by atoms with Gasteiger partial charge in [-0.25, -0.2) is 18.0 Å². The summed E-state index contributed by atoms with van der Waals surface area (Å²) in [6.07, 6.45) is 0. The summed E-state index contributed by atoms with van der Waals surface area (Å²) in [5.41, 5.74) is -0.0957. The van der Waals surface area contributed by atoms with Crippen molar-refractivity contribution in [1.29, 1.82) is 0 Å². The third kappa shape index (κ3) is 4.48. The highest BCUT2D eigenvalue weighted by Gasteiger charge is 2.44. The molecule has 0 bridgehead atoms. The quantitative estimate of drug-likeness (QED) is 0.665. The number of amides is 3. The summed E-state index contributed by atoms with van der Waals surface area (Å²) >= 11 is 0. The van der Waals surface area contributed by atoms with Crippen LogP contribution in [-0.4, -0.2) is 54.8 Å². The topological polar surface area (TPSA) is 90.9 Å². The van der Waals surface area contributed by atoms with Crippen LogP contribution in [0.2, 0.25) is 0 Å². The van der Waals surface area contributed by atoms with E-state index in [2.05, 4.69) is 10.6 Å². The number of hydrogen-bond donors (Lipinski definition) is 3. The first kappa shape index (κ1) is 21.4. The zero-order chi connectivity index (χ0) is 21.8. The molecular formula is C20H20F3N3O4. The van der Waals surface area contributed by atoms with Crippen LogP contribution in [0.25, 0.3) is 0 Å². The van der Waals surface area contributed by atoms with E-state index in [9.17, 15) is 27.9 Å². The number of rotatable bonds is 6. The van der Waals surface area contributed by atoms with Crippen LogP contribution in [0.1, 0.15) is 11.5 Å². The first-order valence-electron chi connectivity index (χ1n) is 9.09. The van der Waals surface area contributed by atoms with Crippen molar-refractivity contribution in [1.82, 2.24) is 10.2 Å². The van der Waals surface area contributed by atoms with Gasteiger partial charge in [0.25, 0.3) is 0 Å². The Balaban J connectivity index is 1.86. The fourth-order valence-corrected chi connectivity index (χ4v) is 3.42. The maximum absolute atomic E-state index is 14.6. The predicted molar refractivity (Wildman–Crippen MR) is 102 cm³/mol. The van der Waals surface area contributed by atoms with Gasteiger partial charge in [-0.1, -0.05) is 0 Å². The molecule has 0 aliphatic carbocycles. The SMILES string of the molecule is COc1cc(F)c([C@@H]2CN(CCO)C(=O)[C@H]2NC(=O)Nc2ccc(F)cc2)c(F)c1. The van der Waals surface area contributed by atoms with Crippen LogP contribution >= 0.6 is 0 Å². The number of carbonyl (C=O) groups excluding carboxylic acids is 2. The molecule has 30 heavy (non-hydrogen) atoms. The van der Waals surface area contributed by atoms with E-state index in [1.54, 1.807) is 0 Å². The standard InChI is InChI=1S/C20H20F3N3O4/c1-30-13-8-15(22)17(16(23)9-13)14-10-26(6-7-27)19(28)18(14)25-20(29)24-12-4-2-11(21)3-5-12/h2-5,8-9,14,18,27H,6-7,10H2,1H3,(H2,24,25,29)/t14-,18-/m0/s1. The fourth-order valence-electron chi connectivity index (χ4n) is 3.42. The Morgan fingerprint density at radius 3 is 2.40 bits per heavy atom. The molecule has 2 aromatic carbocycles. The molecule has 7 nitrogen and oxygen atoms in total. The van der Waals surface area contributed by atoms with Gasteiger partial charge in [0.2, 0.25) is 5.91 Å². The van der Waals surface area contributed by atoms with Crippen molar-refractivity contribution in [3.8, 4) is 5.75 Å². The molecule has 3 N–H and O–H groups in total. The lowest BCUT2D eigenvalue weighted by Crippen LogP contribution is -2.45. The third-order valence-corrected chi connectivity index (χ3v) is 4.81. The molecule has 2 aromatic rings. The van der Waals surface area contributed by atoms with Crippen LogP contribution in [0, 0.1) is 17.5 Å². The molecular weight excluding hydrogens is 403 g/mol. The number of hydrogen-bond acceptors (Lipinski definition) is 4. The van der Waals surface area contributed by atoms with Gasteiger partial charge in [0, 0.05) is 42.4 Å². The Kier molecular flexibility index (Phi) is 6.46. The number of β-amino-alcohol motifs (C(OH)–C–C–N with tert-alkyl or cyclic N) is 1. The minimum atomic E-state index is -1.27. The average molecular weight is 423 g/mol. The van der Waals surface area contributed by atoms with Gasteiger partial charge in [0.15, 0.2) is 0 Å². The molecule has 1 heterocycles. The van der Waals surface area contributed by atoms with Gasteiger partial charge in [-0.05, 0) is 24.3 Å². The number of urea groups is 1. The number of nitrogens with zero attached hydrogens (tertiary/aromatic N) is 1. The van der Waals surface area contributed by atoms with Crippen LogP contribution in [-0.2, 0) is 4.79 Å². The van der Waals surface area contributed by atoms with Crippen molar-refractivity contribution >= 4 is 17.6 Å². The van der Waals surface area contributed by atoms with Gasteiger partial charge in [-0.3, -0.25) is 4.79 Å². The van der Waals surface area contributed by atoms with Crippen molar-refractivity contribution in [2.24, 2.45) is 0 Å². The second kappa shape index (κ2) is 9.04. The minimum absolute atomic E-state index is 0.0242. The number of anilines is 1. The highest BCUT2D eigenvalue weighted by atomic mass is 19.1. The predicted octanol–water partition coefficient (Wildman–Crippen LogP) is 2.22. The van der Waals surface area contributed by atoms with Gasteiger partial charge in [0.1, 0.15) is 29.2 Å². The first-order chi connectivity index (χ1) is 14.3. The lowest BCUT2D eigenvalue weighted by atomic mass is 9.93. The summed E-state index contributed by atoms with van der Waals surface area (Å²) < 4.78 is 47.1. The number of aliphatic hydroxyl groups is 1. The van der Waals surface area contributed by atoms with Crippen molar-refractivity contribution in [3.05, 3.63) is 59.4 Å². The zero-order valence-electron chi connectivity index (χ0n) is 16.0. The Morgan fingerprint density at radius 2 is 1.83 bits per heavy atom. The molecule has 160 valence electrons. The highest BCUT2D eigenvalue weighted by molar-refractivity contribution is 5.95. The van der Waals surface area contributed by atoms with E-state index < -0.39 is 41.3 Å². The summed E-state index contributed by atoms with van der Waals surface area (Å²) in [7, 11) is 1.26. The second-order valence-corrected chi connectivity index (χ2v) is 6.70. The summed E-state index contributed by atoms with van der Waals surface area (Å²) in [6.45, 7) is -0.492. The number of carbonyl (C=O) groups is 2. The van der Waals surface area contributed by atoms with E-state index in [4.69, 9.17) is 4.74 Å². The van der Waals surface area contributed by atoms with Crippen LogP contribution < -0.4 is 15.4 Å². The number of benzene rings is 2. The molecule has 0 saturated carbocycles. The Morgan fingerprint density at radius 1 is 1.20 bits per heavy atom. The largest absolute Gasteiger partial charge is 0.497 e. The van der Waals surface area contributed by atoms with Crippen molar-refractivity contribution < 1.29 is 32.6 Å². The average Bonchev–Trinajstić information content (AvgIpc) is 2.99. The molecule has 2 atom stereocenters. The van der Waals surface area contributed by atoms with Crippen molar-refractivity contribution in [2.75, 3.05) is 32.1 Å². The van der Waals surface area contributed by atoms with Crippen molar-refractivity contribution in [3.63, 3.8) is 0 Å². The molecule has 1 fully saturated rings. The second-order valence-electron chi connectivity index (χ2n) is 6.70. The van der Waals surface area contributed by atoms with Gasteiger partial charge < -0.3 is 25.4 Å². The van der Waals surface area contributed by atoms with Crippen LogP contribution in [0.15, 0.2) is 36.4 Å². The van der Waals surface area contributed by atoms with E-state index in [1.165, 1.54) is 24.1 Å². The molecule has 0 spiro atoms. The van der Waals surface area contributed by atoms with Crippen LogP contribution in [0.4, 0.5) is 23.7 Å². The summed E-state index contributed by atoms with van der Waals surface area (Å²) in [5.74, 6) is -3.96. The van der Waals surface area contributed by atoms with Gasteiger partial charge >= 0.3 is 6.03 Å². The normalized spacial score (nSPS) is 18.4. The maximum Gasteiger partial charge on any atom is 0.319 e. The molecule has 1 aliphatic rings. The van der Waals surface area contributed by atoms with E-state index >= 15 is 0 Å². The summed E-state index contributed by atoms with van der Waals surface area (Å²) in [4.78, 5) is 26.3. The molecule has 1 aliphatic heterocycles. The summed E-state index contributed by atoms with van der Waals surface area (Å²) in [6, 6.07) is 4.85. The van der Waals surface area contributed by atoms with Crippen LogP contribution in [0.5, 0.6) is 5.75 Å². The molecule has 0 aromatic heterocycles. The number of nitrogens with one attached hydrogen (secondary N) is 2. The first-order valence-corrected chi connectivity index (χ1v) is 9.09. The van der Waals surface area contributed by atoms with E-state index in [-0.39, 0.29) is 36.7 Å². The summed E-state index contributed by atoms with van der Waals surface area (Å²) in [5, 5.41) is 14.0. The molecule has 3 rings (SSSR count). The zero-order valence-corrected chi connectivity index (χ0v) is 16.0. The van der Waals surface area contributed by atoms with Gasteiger partial charge in [-0.2, -0.15) is 0 Å². The number of aliphatic hydroxyl groups excluding tert-OH is 1. The van der Waals surface area contributed by atoms with E-state index in [0.717, 1.165) is 24.3 Å². The third-order valence-electron chi connectivity index (χ3n) is 4.81. The lowest BCUT2D eigenvalue weighted by Gasteiger charge is -2.20. The maximum atomic E-state index is 14.6. The fraction of sp³-hybridized carbons (Fsp3) is 0.300. The highest BCUT2D eigenvalue weighted by Crippen LogP contribution is 2.34.